The van der Waals surface area contributed by atoms with Crippen LogP contribution in [0.15, 0.2) is 36.5 Å². The molecule has 7 heteroatoms. The summed E-state index contributed by atoms with van der Waals surface area (Å²) in [4.78, 5) is 11.8. The fourth-order valence-corrected chi connectivity index (χ4v) is 3.24. The fraction of sp³-hybridized carbons (Fsp3) is 0.474. The number of carbonyl (C=O) groups excluding carboxylic acids is 1. The van der Waals surface area contributed by atoms with E-state index in [9.17, 15) is 4.79 Å². The van der Waals surface area contributed by atoms with Gasteiger partial charge in [0.05, 0.1) is 12.5 Å². The van der Waals surface area contributed by atoms with E-state index in [1.807, 2.05) is 41.9 Å². The molecule has 0 bridgehead atoms. The molecule has 142 valence electrons. The average molecular weight is 380 g/mol. The minimum absolute atomic E-state index is 0.0614. The van der Waals surface area contributed by atoms with Crippen LogP contribution in [0.4, 0.5) is 0 Å². The Bertz CT molecular complexity index is 700. The van der Waals surface area contributed by atoms with E-state index in [0.29, 0.717) is 18.1 Å². The average Bonchev–Trinajstić information content (AvgIpc) is 3.10. The molecule has 0 saturated carbocycles. The highest BCUT2D eigenvalue weighted by atomic mass is 35.5. The third-order valence-corrected chi connectivity index (χ3v) is 4.53. The molecule has 2 rings (SSSR count). The van der Waals surface area contributed by atoms with Crippen molar-refractivity contribution in [1.29, 1.82) is 0 Å². The Balaban J connectivity index is 2.39. The summed E-state index contributed by atoms with van der Waals surface area (Å²) >= 11 is 5.99. The smallest absolute Gasteiger partial charge is 0.245 e. The molecule has 0 saturated heterocycles. The maximum atomic E-state index is 11.8. The summed E-state index contributed by atoms with van der Waals surface area (Å²) in [6.45, 7) is 6.48. The molecule has 26 heavy (non-hydrogen) atoms. The van der Waals surface area contributed by atoms with Gasteiger partial charge >= 0.3 is 0 Å². The number of aromatic nitrogens is 2. The minimum Gasteiger partial charge on any atom is -0.377 e. The van der Waals surface area contributed by atoms with Crippen LogP contribution in [0.25, 0.3) is 0 Å². The van der Waals surface area contributed by atoms with Crippen molar-refractivity contribution < 1.29 is 14.7 Å². The predicted octanol–water partition coefficient (Wildman–Crippen LogP) is 3.74. The molecule has 1 aromatic carbocycles. The van der Waals surface area contributed by atoms with Crippen LogP contribution in [0.3, 0.4) is 0 Å². The van der Waals surface area contributed by atoms with E-state index in [1.54, 1.807) is 11.7 Å². The summed E-state index contributed by atoms with van der Waals surface area (Å²) in [6, 6.07) is 9.79. The van der Waals surface area contributed by atoms with Gasteiger partial charge in [-0.2, -0.15) is 5.10 Å². The van der Waals surface area contributed by atoms with Crippen molar-refractivity contribution in [3.8, 4) is 0 Å². The normalized spacial score (nSPS) is 13.6. The second-order valence-electron chi connectivity index (χ2n) is 6.46. The molecule has 0 spiro atoms. The summed E-state index contributed by atoms with van der Waals surface area (Å²) in [6.07, 6.45) is 2.10. The number of amides is 1. The van der Waals surface area contributed by atoms with Crippen molar-refractivity contribution in [1.82, 2.24) is 15.3 Å². The van der Waals surface area contributed by atoms with E-state index in [0.717, 1.165) is 11.3 Å². The number of carbonyl (C=O) groups is 1. The lowest BCUT2D eigenvalue weighted by Crippen LogP contribution is -2.33. The third kappa shape index (κ3) is 5.30. The summed E-state index contributed by atoms with van der Waals surface area (Å²) in [5.41, 5.74) is 3.79. The highest BCUT2D eigenvalue weighted by Gasteiger charge is 2.29. The molecular formula is C19H26ClN3O3. The second-order valence-corrected chi connectivity index (χ2v) is 6.90. The number of hydroxylamine groups is 1. The maximum Gasteiger partial charge on any atom is 0.245 e. The Morgan fingerprint density at radius 3 is 2.58 bits per heavy atom. The molecule has 1 aromatic heterocycles. The van der Waals surface area contributed by atoms with Gasteiger partial charge in [0.1, 0.15) is 0 Å². The van der Waals surface area contributed by atoms with Gasteiger partial charge in [0.15, 0.2) is 0 Å². The van der Waals surface area contributed by atoms with Crippen LogP contribution in [-0.4, -0.2) is 33.6 Å². The molecule has 0 aliphatic rings. The molecule has 0 unspecified atom stereocenters. The lowest BCUT2D eigenvalue weighted by atomic mass is 9.88. The van der Waals surface area contributed by atoms with Crippen LogP contribution >= 0.6 is 11.6 Å². The zero-order valence-electron chi connectivity index (χ0n) is 15.4. The number of hydrogen-bond donors (Lipinski definition) is 2. The van der Waals surface area contributed by atoms with Crippen LogP contribution in [0.2, 0.25) is 5.02 Å². The zero-order valence-corrected chi connectivity index (χ0v) is 16.1. The van der Waals surface area contributed by atoms with E-state index in [4.69, 9.17) is 21.5 Å². The van der Waals surface area contributed by atoms with Crippen LogP contribution in [0.5, 0.6) is 0 Å². The first-order valence-corrected chi connectivity index (χ1v) is 9.16. The van der Waals surface area contributed by atoms with Gasteiger partial charge in [-0.1, -0.05) is 23.7 Å². The first kappa shape index (κ1) is 20.4. The van der Waals surface area contributed by atoms with Crippen molar-refractivity contribution in [2.24, 2.45) is 0 Å². The Kier molecular flexibility index (Phi) is 7.63. The molecule has 2 aromatic rings. The van der Waals surface area contributed by atoms with Crippen molar-refractivity contribution in [2.45, 2.75) is 51.7 Å². The topological polar surface area (TPSA) is 76.4 Å². The Morgan fingerprint density at radius 2 is 2.00 bits per heavy atom. The number of halogens is 1. The largest absolute Gasteiger partial charge is 0.377 e. The molecule has 0 fully saturated rings. The van der Waals surface area contributed by atoms with Crippen LogP contribution in [-0.2, 0) is 16.0 Å². The number of hydrogen-bond acceptors (Lipinski definition) is 4. The Labute approximate surface area is 159 Å². The number of benzene rings is 1. The fourth-order valence-electron chi connectivity index (χ4n) is 3.11. The zero-order chi connectivity index (χ0) is 19.1. The molecule has 0 radical (unpaired) electrons. The van der Waals surface area contributed by atoms with Gasteiger partial charge < -0.3 is 4.74 Å². The van der Waals surface area contributed by atoms with E-state index < -0.39 is 12.0 Å². The van der Waals surface area contributed by atoms with Gasteiger partial charge in [-0.25, -0.2) is 5.48 Å². The first-order chi connectivity index (χ1) is 12.5. The summed E-state index contributed by atoms with van der Waals surface area (Å²) in [5, 5.41) is 14.0. The number of nitrogens with one attached hydrogen (secondary N) is 1. The first-order valence-electron chi connectivity index (χ1n) is 8.78. The molecule has 1 heterocycles. The molecule has 0 aliphatic heterocycles. The van der Waals surface area contributed by atoms with Crippen molar-refractivity contribution >= 4 is 17.5 Å². The Hall–Kier alpha value is -1.89. The molecule has 2 atom stereocenters. The quantitative estimate of drug-likeness (QED) is 0.514. The van der Waals surface area contributed by atoms with Gasteiger partial charge in [0.25, 0.3) is 0 Å². The molecular weight excluding hydrogens is 354 g/mol. The van der Waals surface area contributed by atoms with Gasteiger partial charge in [-0.15, -0.1) is 0 Å². The minimum atomic E-state index is -0.472. The summed E-state index contributed by atoms with van der Waals surface area (Å²) in [7, 11) is 0. The van der Waals surface area contributed by atoms with Crippen LogP contribution in [0, 0.1) is 0 Å². The van der Waals surface area contributed by atoms with E-state index in [2.05, 4.69) is 18.9 Å². The van der Waals surface area contributed by atoms with Crippen LogP contribution < -0.4 is 5.48 Å². The highest BCUT2D eigenvalue weighted by molar-refractivity contribution is 6.30. The lowest BCUT2D eigenvalue weighted by Gasteiger charge is -2.28. The molecule has 2 N–H and O–H groups in total. The van der Waals surface area contributed by atoms with Crippen molar-refractivity contribution in [2.75, 3.05) is 6.61 Å². The van der Waals surface area contributed by atoms with Gasteiger partial charge in [0, 0.05) is 35.5 Å². The predicted molar refractivity (Wildman–Crippen MR) is 100 cm³/mol. The molecule has 6 nitrogen and oxygen atoms in total. The summed E-state index contributed by atoms with van der Waals surface area (Å²) in [5.74, 6) is -0.571. The van der Waals surface area contributed by atoms with Gasteiger partial charge in [0.2, 0.25) is 5.91 Å². The Morgan fingerprint density at radius 1 is 1.31 bits per heavy atom. The van der Waals surface area contributed by atoms with Crippen molar-refractivity contribution in [3.05, 3.63) is 52.8 Å². The molecule has 0 aliphatic carbocycles. The van der Waals surface area contributed by atoms with Crippen molar-refractivity contribution in [3.63, 3.8) is 0 Å². The highest BCUT2D eigenvalue weighted by Crippen LogP contribution is 2.30. The maximum absolute atomic E-state index is 11.8. The lowest BCUT2D eigenvalue weighted by molar-refractivity contribution is -0.132. The number of ether oxygens (including phenoxy) is 1. The van der Waals surface area contributed by atoms with Gasteiger partial charge in [-0.05, 0) is 51.0 Å². The van der Waals surface area contributed by atoms with Crippen LogP contribution in [0.1, 0.15) is 50.4 Å². The third-order valence-electron chi connectivity index (χ3n) is 4.28. The SMILES string of the molecule is CCO[C@H](CC(=O)NO)[C@H](Cc1ccc(Cl)cc1)c1ccnn1C(C)C. The monoisotopic (exact) mass is 379 g/mol. The van der Waals surface area contributed by atoms with Gasteiger partial charge in [-0.3, -0.25) is 14.7 Å². The summed E-state index contributed by atoms with van der Waals surface area (Å²) < 4.78 is 7.84. The number of nitrogens with zero attached hydrogens (tertiary/aromatic N) is 2. The molecule has 1 amide bonds. The van der Waals surface area contributed by atoms with E-state index >= 15 is 0 Å². The second kappa shape index (κ2) is 9.71. The van der Waals surface area contributed by atoms with E-state index in [1.165, 1.54) is 0 Å². The number of rotatable bonds is 9. The van der Waals surface area contributed by atoms with E-state index in [-0.39, 0.29) is 18.4 Å². The standard InChI is InChI=1S/C19H26ClN3O3/c1-4-26-18(12-19(24)22-25)16(11-14-5-7-15(20)8-6-14)17-9-10-21-23(17)13(2)3/h5-10,13,16,18,25H,4,11-12H2,1-3H3,(H,22,24)/t16-,18-/m1/s1.